The molecule has 0 aliphatic heterocycles. The lowest BCUT2D eigenvalue weighted by Crippen LogP contribution is -2.27. The van der Waals surface area contributed by atoms with Gasteiger partial charge in [0.15, 0.2) is 0 Å². The van der Waals surface area contributed by atoms with Crippen LogP contribution in [0.15, 0.2) is 48.5 Å². The van der Waals surface area contributed by atoms with Gasteiger partial charge in [0.1, 0.15) is 11.6 Å². The van der Waals surface area contributed by atoms with Crippen molar-refractivity contribution in [1.29, 1.82) is 0 Å². The van der Waals surface area contributed by atoms with Crippen LogP contribution in [0.3, 0.4) is 0 Å². The minimum Gasteiger partial charge on any atom is -0.489 e. The second kappa shape index (κ2) is 9.67. The molecular formula is C20H25FN2O2. The van der Waals surface area contributed by atoms with E-state index in [1.165, 1.54) is 12.1 Å². The SMILES string of the molecule is CC(C)Oc1ccccc1NCCC(=O)NCCc1ccc(F)cc1. The van der Waals surface area contributed by atoms with Crippen molar-refractivity contribution in [1.82, 2.24) is 5.32 Å². The summed E-state index contributed by atoms with van der Waals surface area (Å²) in [7, 11) is 0. The molecule has 0 spiro atoms. The molecule has 2 rings (SSSR count). The third-order valence-electron chi connectivity index (χ3n) is 3.57. The Hall–Kier alpha value is -2.56. The largest absolute Gasteiger partial charge is 0.489 e. The number of anilines is 1. The van der Waals surface area contributed by atoms with Crippen molar-refractivity contribution in [3.05, 3.63) is 59.9 Å². The molecule has 2 aromatic carbocycles. The van der Waals surface area contributed by atoms with E-state index in [1.807, 2.05) is 38.1 Å². The molecule has 4 nitrogen and oxygen atoms in total. The lowest BCUT2D eigenvalue weighted by molar-refractivity contribution is -0.120. The molecule has 0 aromatic heterocycles. The Morgan fingerprint density at radius 3 is 2.52 bits per heavy atom. The van der Waals surface area contributed by atoms with E-state index in [-0.39, 0.29) is 17.8 Å². The van der Waals surface area contributed by atoms with Gasteiger partial charge in [-0.05, 0) is 50.1 Å². The summed E-state index contributed by atoms with van der Waals surface area (Å²) in [6.07, 6.45) is 1.15. The summed E-state index contributed by atoms with van der Waals surface area (Å²) >= 11 is 0. The maximum atomic E-state index is 12.8. The number of amides is 1. The lowest BCUT2D eigenvalue weighted by atomic mass is 10.1. The molecule has 0 aliphatic rings. The van der Waals surface area contributed by atoms with Gasteiger partial charge >= 0.3 is 0 Å². The van der Waals surface area contributed by atoms with Gasteiger partial charge in [0.25, 0.3) is 0 Å². The zero-order valence-electron chi connectivity index (χ0n) is 14.7. The van der Waals surface area contributed by atoms with E-state index in [2.05, 4.69) is 10.6 Å². The molecule has 1 amide bonds. The normalized spacial score (nSPS) is 10.6. The number of para-hydroxylation sites is 2. The van der Waals surface area contributed by atoms with E-state index in [0.717, 1.165) is 17.0 Å². The van der Waals surface area contributed by atoms with E-state index >= 15 is 0 Å². The molecule has 134 valence electrons. The zero-order valence-corrected chi connectivity index (χ0v) is 14.7. The van der Waals surface area contributed by atoms with Gasteiger partial charge in [-0.1, -0.05) is 24.3 Å². The summed E-state index contributed by atoms with van der Waals surface area (Å²) < 4.78 is 18.6. The van der Waals surface area contributed by atoms with Crippen LogP contribution in [0.2, 0.25) is 0 Å². The van der Waals surface area contributed by atoms with Crippen LogP contribution in [0.25, 0.3) is 0 Å². The van der Waals surface area contributed by atoms with Crippen LogP contribution >= 0.6 is 0 Å². The molecule has 2 N–H and O–H groups in total. The molecule has 0 radical (unpaired) electrons. The number of ether oxygens (including phenoxy) is 1. The highest BCUT2D eigenvalue weighted by atomic mass is 19.1. The third kappa shape index (κ3) is 6.83. The summed E-state index contributed by atoms with van der Waals surface area (Å²) in [6, 6.07) is 14.0. The Morgan fingerprint density at radius 1 is 1.08 bits per heavy atom. The maximum Gasteiger partial charge on any atom is 0.221 e. The van der Waals surface area contributed by atoms with Crippen molar-refractivity contribution < 1.29 is 13.9 Å². The Kier molecular flexibility index (Phi) is 7.26. The Balaban J connectivity index is 1.69. The molecular weight excluding hydrogens is 319 g/mol. The molecule has 0 saturated heterocycles. The van der Waals surface area contributed by atoms with E-state index in [9.17, 15) is 9.18 Å². The number of benzene rings is 2. The fourth-order valence-corrected chi connectivity index (χ4v) is 2.37. The second-order valence-electron chi connectivity index (χ2n) is 6.07. The number of carbonyl (C=O) groups is 1. The molecule has 5 heteroatoms. The molecule has 0 atom stereocenters. The van der Waals surface area contributed by atoms with E-state index in [1.54, 1.807) is 12.1 Å². The monoisotopic (exact) mass is 344 g/mol. The summed E-state index contributed by atoms with van der Waals surface area (Å²) in [5.74, 6) is 0.520. The first-order valence-corrected chi connectivity index (χ1v) is 8.55. The molecule has 25 heavy (non-hydrogen) atoms. The van der Waals surface area contributed by atoms with E-state index < -0.39 is 0 Å². The highest BCUT2D eigenvalue weighted by Gasteiger charge is 2.06. The Bertz CT molecular complexity index is 672. The molecule has 0 fully saturated rings. The first-order valence-electron chi connectivity index (χ1n) is 8.55. The second-order valence-corrected chi connectivity index (χ2v) is 6.07. The van der Waals surface area contributed by atoms with E-state index in [4.69, 9.17) is 4.74 Å². The van der Waals surface area contributed by atoms with Crippen molar-refractivity contribution in [2.45, 2.75) is 32.8 Å². The van der Waals surface area contributed by atoms with Crippen molar-refractivity contribution in [3.63, 3.8) is 0 Å². The minimum absolute atomic E-state index is 0.0168. The average molecular weight is 344 g/mol. The van der Waals surface area contributed by atoms with Crippen LogP contribution in [0.5, 0.6) is 5.75 Å². The van der Waals surface area contributed by atoms with E-state index in [0.29, 0.717) is 25.9 Å². The Morgan fingerprint density at radius 2 is 1.80 bits per heavy atom. The number of carbonyl (C=O) groups excluding carboxylic acids is 1. The fraction of sp³-hybridized carbons (Fsp3) is 0.350. The Labute approximate surface area is 148 Å². The third-order valence-corrected chi connectivity index (χ3v) is 3.57. The highest BCUT2D eigenvalue weighted by Crippen LogP contribution is 2.24. The van der Waals surface area contributed by atoms with Crippen LogP contribution in [-0.2, 0) is 11.2 Å². The first kappa shape index (κ1) is 18.8. The summed E-state index contributed by atoms with van der Waals surface area (Å²) in [4.78, 5) is 11.9. The summed E-state index contributed by atoms with van der Waals surface area (Å²) in [5.41, 5.74) is 1.88. The number of hydrogen-bond acceptors (Lipinski definition) is 3. The number of rotatable bonds is 9. The van der Waals surface area contributed by atoms with Crippen LogP contribution in [0, 0.1) is 5.82 Å². The average Bonchev–Trinajstić information content (AvgIpc) is 2.58. The number of halogens is 1. The summed E-state index contributed by atoms with van der Waals surface area (Å²) in [6.45, 7) is 5.02. The first-order chi connectivity index (χ1) is 12.0. The number of hydrogen-bond donors (Lipinski definition) is 2. The lowest BCUT2D eigenvalue weighted by Gasteiger charge is -2.15. The predicted molar refractivity (Wildman–Crippen MR) is 98.4 cm³/mol. The standard InChI is InChI=1S/C20H25FN2O2/c1-15(2)25-19-6-4-3-5-18(19)22-14-12-20(24)23-13-11-16-7-9-17(21)10-8-16/h3-10,15,22H,11-14H2,1-2H3,(H,23,24). The molecule has 0 unspecified atom stereocenters. The van der Waals surface area contributed by atoms with Gasteiger partial charge in [-0.25, -0.2) is 4.39 Å². The quantitative estimate of drug-likeness (QED) is 0.728. The zero-order chi connectivity index (χ0) is 18.1. The van der Waals surface area contributed by atoms with Gasteiger partial charge in [0.05, 0.1) is 11.8 Å². The van der Waals surface area contributed by atoms with Crippen molar-refractivity contribution in [3.8, 4) is 5.75 Å². The van der Waals surface area contributed by atoms with Gasteiger partial charge in [-0.3, -0.25) is 4.79 Å². The van der Waals surface area contributed by atoms with Crippen molar-refractivity contribution in [2.24, 2.45) is 0 Å². The molecule has 0 saturated carbocycles. The van der Waals surface area contributed by atoms with Crippen LogP contribution in [0.1, 0.15) is 25.8 Å². The fourth-order valence-electron chi connectivity index (χ4n) is 2.37. The van der Waals surface area contributed by atoms with Crippen molar-refractivity contribution in [2.75, 3.05) is 18.4 Å². The van der Waals surface area contributed by atoms with Gasteiger partial charge in [0.2, 0.25) is 5.91 Å². The maximum absolute atomic E-state index is 12.8. The molecule has 0 heterocycles. The van der Waals surface area contributed by atoms with Crippen LogP contribution < -0.4 is 15.4 Å². The predicted octanol–water partition coefficient (Wildman–Crippen LogP) is 3.77. The van der Waals surface area contributed by atoms with Gasteiger partial charge in [0, 0.05) is 19.5 Å². The minimum atomic E-state index is -0.249. The number of nitrogens with one attached hydrogen (secondary N) is 2. The highest BCUT2D eigenvalue weighted by molar-refractivity contribution is 5.76. The van der Waals surface area contributed by atoms with Gasteiger partial charge in [-0.15, -0.1) is 0 Å². The smallest absolute Gasteiger partial charge is 0.221 e. The van der Waals surface area contributed by atoms with Gasteiger partial charge in [-0.2, -0.15) is 0 Å². The van der Waals surface area contributed by atoms with Crippen molar-refractivity contribution >= 4 is 11.6 Å². The van der Waals surface area contributed by atoms with Crippen LogP contribution in [0.4, 0.5) is 10.1 Å². The van der Waals surface area contributed by atoms with Gasteiger partial charge < -0.3 is 15.4 Å². The molecule has 0 bridgehead atoms. The topological polar surface area (TPSA) is 50.4 Å². The molecule has 0 aliphatic carbocycles. The summed E-state index contributed by atoms with van der Waals surface area (Å²) in [5, 5.41) is 6.11. The van der Waals surface area contributed by atoms with Crippen LogP contribution in [-0.4, -0.2) is 25.1 Å². The molecule has 2 aromatic rings.